The zero-order valence-electron chi connectivity index (χ0n) is 12.7. The number of unbranched alkanes of at least 4 members (excludes halogenated alkanes) is 1. The molecule has 1 aliphatic heterocycles. The molecule has 0 amide bonds. The molecule has 112 valence electrons. The molecule has 1 unspecified atom stereocenters. The third-order valence-electron chi connectivity index (χ3n) is 3.96. The van der Waals surface area contributed by atoms with Crippen molar-refractivity contribution in [3.05, 3.63) is 35.9 Å². The summed E-state index contributed by atoms with van der Waals surface area (Å²) in [5.74, 6) is 1.31. The second-order valence-electron chi connectivity index (χ2n) is 5.69. The Morgan fingerprint density at radius 1 is 1.25 bits per heavy atom. The molecule has 1 aromatic rings. The quantitative estimate of drug-likeness (QED) is 0.778. The van der Waals surface area contributed by atoms with Crippen LogP contribution < -0.4 is 5.32 Å². The highest BCUT2D eigenvalue weighted by molar-refractivity contribution is 7.98. The first kappa shape index (κ1) is 15.9. The van der Waals surface area contributed by atoms with Crippen molar-refractivity contribution < 1.29 is 0 Å². The van der Waals surface area contributed by atoms with Gasteiger partial charge in [0.05, 0.1) is 0 Å². The van der Waals surface area contributed by atoms with Crippen molar-refractivity contribution in [1.29, 1.82) is 0 Å². The smallest absolute Gasteiger partial charge is 0.0235 e. The lowest BCUT2D eigenvalue weighted by Gasteiger charge is -2.24. The van der Waals surface area contributed by atoms with Crippen LogP contribution in [0, 0.1) is 0 Å². The molecule has 1 fully saturated rings. The molecular formula is C17H28N2S. The average Bonchev–Trinajstić information content (AvgIpc) is 2.70. The number of thioether (sulfide) groups is 1. The maximum Gasteiger partial charge on any atom is 0.0235 e. The second kappa shape index (κ2) is 9.43. The highest BCUT2D eigenvalue weighted by Gasteiger charge is 2.17. The van der Waals surface area contributed by atoms with E-state index in [0.29, 0.717) is 6.04 Å². The Morgan fingerprint density at radius 2 is 2.10 bits per heavy atom. The average molecular weight is 292 g/mol. The van der Waals surface area contributed by atoms with Crippen LogP contribution >= 0.6 is 11.8 Å². The predicted octanol–water partition coefficient (Wildman–Crippen LogP) is 3.04. The largest absolute Gasteiger partial charge is 0.312 e. The van der Waals surface area contributed by atoms with E-state index in [0.717, 1.165) is 6.42 Å². The van der Waals surface area contributed by atoms with E-state index in [1.54, 1.807) is 0 Å². The molecule has 0 spiro atoms. The van der Waals surface area contributed by atoms with Crippen LogP contribution in [0.15, 0.2) is 30.3 Å². The Morgan fingerprint density at radius 3 is 2.90 bits per heavy atom. The van der Waals surface area contributed by atoms with Crippen LogP contribution in [0.4, 0.5) is 0 Å². The summed E-state index contributed by atoms with van der Waals surface area (Å²) < 4.78 is 0. The molecule has 3 heteroatoms. The molecule has 2 rings (SSSR count). The summed E-state index contributed by atoms with van der Waals surface area (Å²) in [4.78, 5) is 2.66. The summed E-state index contributed by atoms with van der Waals surface area (Å²) in [5, 5.41) is 3.72. The summed E-state index contributed by atoms with van der Waals surface area (Å²) in [6.45, 7) is 4.90. The number of rotatable bonds is 7. The molecule has 0 saturated carbocycles. The van der Waals surface area contributed by atoms with Crippen molar-refractivity contribution in [3.63, 3.8) is 0 Å². The molecule has 1 saturated heterocycles. The van der Waals surface area contributed by atoms with Crippen molar-refractivity contribution in [2.45, 2.75) is 31.7 Å². The summed E-state index contributed by atoms with van der Waals surface area (Å²) >= 11 is 1.96. The monoisotopic (exact) mass is 292 g/mol. The number of nitrogens with zero attached hydrogens (tertiary/aromatic N) is 1. The highest BCUT2D eigenvalue weighted by Crippen LogP contribution is 2.09. The molecule has 0 aliphatic carbocycles. The molecule has 2 nitrogen and oxygen atoms in total. The third-order valence-corrected chi connectivity index (χ3v) is 4.66. The van der Waals surface area contributed by atoms with Gasteiger partial charge in [0.15, 0.2) is 0 Å². The van der Waals surface area contributed by atoms with E-state index in [2.05, 4.69) is 46.8 Å². The van der Waals surface area contributed by atoms with E-state index in [-0.39, 0.29) is 0 Å². The van der Waals surface area contributed by atoms with Crippen LogP contribution in [0.1, 0.15) is 24.8 Å². The van der Waals surface area contributed by atoms with E-state index >= 15 is 0 Å². The van der Waals surface area contributed by atoms with Crippen LogP contribution in [-0.4, -0.2) is 49.1 Å². The maximum absolute atomic E-state index is 3.72. The predicted molar refractivity (Wildman–Crippen MR) is 90.6 cm³/mol. The molecule has 1 atom stereocenters. The van der Waals surface area contributed by atoms with Crippen molar-refractivity contribution >= 4 is 11.8 Å². The fourth-order valence-corrected chi connectivity index (χ4v) is 3.39. The van der Waals surface area contributed by atoms with Gasteiger partial charge in [0, 0.05) is 12.6 Å². The fourth-order valence-electron chi connectivity index (χ4n) is 2.90. The van der Waals surface area contributed by atoms with E-state index in [4.69, 9.17) is 0 Å². The molecule has 1 aliphatic rings. The number of hydrogen-bond donors (Lipinski definition) is 1. The zero-order valence-corrected chi connectivity index (χ0v) is 13.5. The van der Waals surface area contributed by atoms with Gasteiger partial charge in [0.25, 0.3) is 0 Å². The van der Waals surface area contributed by atoms with Gasteiger partial charge in [-0.2, -0.15) is 11.8 Å². The summed E-state index contributed by atoms with van der Waals surface area (Å²) in [6.07, 6.45) is 7.34. The lowest BCUT2D eigenvalue weighted by molar-refractivity contribution is 0.263. The molecule has 1 N–H and O–H groups in total. The van der Waals surface area contributed by atoms with Crippen LogP contribution in [-0.2, 0) is 6.42 Å². The SMILES string of the molecule is CSCCCCN1CCCNC(Cc2ccccc2)C1. The number of nitrogens with one attached hydrogen (secondary N) is 1. The topological polar surface area (TPSA) is 15.3 Å². The summed E-state index contributed by atoms with van der Waals surface area (Å²) in [7, 11) is 0. The Balaban J connectivity index is 1.77. The van der Waals surface area contributed by atoms with Gasteiger partial charge < -0.3 is 10.2 Å². The first-order chi connectivity index (χ1) is 9.88. The van der Waals surface area contributed by atoms with Gasteiger partial charge in [0.2, 0.25) is 0 Å². The van der Waals surface area contributed by atoms with E-state index in [1.165, 1.54) is 56.8 Å². The minimum atomic E-state index is 0.612. The normalized spacial score (nSPS) is 20.8. The van der Waals surface area contributed by atoms with Crippen LogP contribution in [0.25, 0.3) is 0 Å². The van der Waals surface area contributed by atoms with Gasteiger partial charge in [-0.25, -0.2) is 0 Å². The van der Waals surface area contributed by atoms with Crippen molar-refractivity contribution in [1.82, 2.24) is 10.2 Å². The van der Waals surface area contributed by atoms with Crippen molar-refractivity contribution in [3.8, 4) is 0 Å². The molecule has 0 bridgehead atoms. The van der Waals surface area contributed by atoms with E-state index in [9.17, 15) is 0 Å². The molecule has 1 heterocycles. The minimum absolute atomic E-state index is 0.612. The second-order valence-corrected chi connectivity index (χ2v) is 6.68. The van der Waals surface area contributed by atoms with Gasteiger partial charge in [0.1, 0.15) is 0 Å². The van der Waals surface area contributed by atoms with Crippen LogP contribution in [0.3, 0.4) is 0 Å². The van der Waals surface area contributed by atoms with Crippen molar-refractivity contribution in [2.75, 3.05) is 38.2 Å². The molecule has 0 aromatic heterocycles. The first-order valence-corrected chi connectivity index (χ1v) is 9.26. The standard InChI is InChI=1S/C17H28N2S/c1-20-13-6-5-11-19-12-7-10-18-17(15-19)14-16-8-3-2-4-9-16/h2-4,8-9,17-18H,5-7,10-15H2,1H3. The van der Waals surface area contributed by atoms with Crippen molar-refractivity contribution in [2.24, 2.45) is 0 Å². The zero-order chi connectivity index (χ0) is 14.0. The lowest BCUT2D eigenvalue weighted by atomic mass is 10.1. The van der Waals surface area contributed by atoms with Gasteiger partial charge in [-0.1, -0.05) is 30.3 Å². The molecular weight excluding hydrogens is 264 g/mol. The highest BCUT2D eigenvalue weighted by atomic mass is 32.2. The van der Waals surface area contributed by atoms with Gasteiger partial charge in [-0.3, -0.25) is 0 Å². The lowest BCUT2D eigenvalue weighted by Crippen LogP contribution is -2.39. The Hall–Kier alpha value is -0.510. The molecule has 20 heavy (non-hydrogen) atoms. The number of benzene rings is 1. The number of hydrogen-bond acceptors (Lipinski definition) is 3. The van der Waals surface area contributed by atoms with Gasteiger partial charge >= 0.3 is 0 Å². The third kappa shape index (κ3) is 5.86. The first-order valence-electron chi connectivity index (χ1n) is 7.87. The van der Waals surface area contributed by atoms with Crippen LogP contribution in [0.5, 0.6) is 0 Å². The Bertz CT molecular complexity index is 355. The molecule has 1 aromatic carbocycles. The Kier molecular flexibility index (Phi) is 7.48. The summed E-state index contributed by atoms with van der Waals surface area (Å²) in [6, 6.07) is 11.5. The Labute approximate surface area is 128 Å². The van der Waals surface area contributed by atoms with E-state index in [1.807, 2.05) is 11.8 Å². The van der Waals surface area contributed by atoms with Crippen LogP contribution in [0.2, 0.25) is 0 Å². The maximum atomic E-state index is 3.72. The van der Waals surface area contributed by atoms with Gasteiger partial charge in [-0.15, -0.1) is 0 Å². The minimum Gasteiger partial charge on any atom is -0.312 e. The molecule has 0 radical (unpaired) electrons. The summed E-state index contributed by atoms with van der Waals surface area (Å²) in [5.41, 5.74) is 1.45. The van der Waals surface area contributed by atoms with Gasteiger partial charge in [-0.05, 0) is 62.9 Å². The fraction of sp³-hybridized carbons (Fsp3) is 0.647. The van der Waals surface area contributed by atoms with E-state index < -0.39 is 0 Å².